The first kappa shape index (κ1) is 17.1. The van der Waals surface area contributed by atoms with Crippen LogP contribution < -0.4 is 16.0 Å². The summed E-state index contributed by atoms with van der Waals surface area (Å²) in [6, 6.07) is 16.6. The lowest BCUT2D eigenvalue weighted by Gasteiger charge is -2.31. The molecule has 7 nitrogen and oxygen atoms in total. The quantitative estimate of drug-likeness (QED) is 0.747. The highest BCUT2D eigenvalue weighted by Gasteiger charge is 2.20. The lowest BCUT2D eigenvalue weighted by atomic mass is 10.1. The number of benzene rings is 1. The van der Waals surface area contributed by atoms with E-state index in [9.17, 15) is 10.1 Å². The Balaban J connectivity index is 1.64. The summed E-state index contributed by atoms with van der Waals surface area (Å²) < 4.78 is 1.64. The molecule has 2 aromatic heterocycles. The van der Waals surface area contributed by atoms with Gasteiger partial charge in [-0.2, -0.15) is 5.26 Å². The Morgan fingerprint density at radius 3 is 2.85 bits per heavy atom. The van der Waals surface area contributed by atoms with Crippen molar-refractivity contribution in [1.29, 1.82) is 5.26 Å². The van der Waals surface area contributed by atoms with Gasteiger partial charge in [0.2, 0.25) is 0 Å². The van der Waals surface area contributed by atoms with Crippen molar-refractivity contribution >= 4 is 22.9 Å². The minimum Gasteiger partial charge on any atom is -0.354 e. The number of nitrogens with two attached hydrogens (primary N) is 1. The second-order valence-corrected chi connectivity index (χ2v) is 6.71. The summed E-state index contributed by atoms with van der Waals surface area (Å²) in [6.07, 6.45) is 2.05. The van der Waals surface area contributed by atoms with Crippen LogP contribution in [0.1, 0.15) is 28.9 Å². The summed E-state index contributed by atoms with van der Waals surface area (Å²) in [7, 11) is 0. The first-order valence-electron chi connectivity index (χ1n) is 8.95. The molecule has 1 saturated heterocycles. The van der Waals surface area contributed by atoms with Crippen LogP contribution in [-0.4, -0.2) is 34.7 Å². The van der Waals surface area contributed by atoms with Crippen molar-refractivity contribution in [2.75, 3.05) is 23.3 Å². The smallest absolute Gasteiger partial charge is 0.274 e. The van der Waals surface area contributed by atoms with Gasteiger partial charge in [0.25, 0.3) is 5.91 Å². The molecule has 4 rings (SSSR count). The van der Waals surface area contributed by atoms with Crippen LogP contribution in [0.2, 0.25) is 0 Å². The normalized spacial score (nSPS) is 16.9. The Kier molecular flexibility index (Phi) is 4.48. The number of piperidine rings is 1. The maximum atomic E-state index is 12.8. The minimum atomic E-state index is -0.308. The maximum Gasteiger partial charge on any atom is 0.274 e. The summed E-state index contributed by atoms with van der Waals surface area (Å²) in [5.74, 6) is 0.498. The van der Waals surface area contributed by atoms with Gasteiger partial charge < -0.3 is 16.0 Å². The summed E-state index contributed by atoms with van der Waals surface area (Å²) in [4.78, 5) is 14.9. The number of amides is 1. The van der Waals surface area contributed by atoms with E-state index in [0.29, 0.717) is 16.9 Å². The average molecular weight is 360 g/mol. The van der Waals surface area contributed by atoms with Crippen LogP contribution in [0.3, 0.4) is 0 Å². The van der Waals surface area contributed by atoms with Crippen LogP contribution in [0.5, 0.6) is 0 Å². The van der Waals surface area contributed by atoms with Crippen molar-refractivity contribution in [3.8, 4) is 6.07 Å². The fourth-order valence-electron chi connectivity index (χ4n) is 3.41. The van der Waals surface area contributed by atoms with Gasteiger partial charge in [0.05, 0.1) is 16.8 Å². The molecule has 1 amide bonds. The van der Waals surface area contributed by atoms with Crippen molar-refractivity contribution in [3.63, 3.8) is 0 Å². The predicted octanol–water partition coefficient (Wildman–Crippen LogP) is 2.39. The average Bonchev–Trinajstić information content (AvgIpc) is 3.11. The Bertz CT molecular complexity index is 1030. The van der Waals surface area contributed by atoms with Gasteiger partial charge in [-0.25, -0.2) is 4.52 Å². The van der Waals surface area contributed by atoms with Gasteiger partial charge in [-0.05, 0) is 49.2 Å². The van der Waals surface area contributed by atoms with E-state index < -0.39 is 0 Å². The molecule has 3 N–H and O–H groups in total. The summed E-state index contributed by atoms with van der Waals surface area (Å²) in [5.41, 5.74) is 8.23. The minimum absolute atomic E-state index is 0.145. The summed E-state index contributed by atoms with van der Waals surface area (Å²) >= 11 is 0. The SMILES string of the molecule is N#Cc1ccccc1NC(=O)c1ccc2ccc(N3CCC[C@@H](N)C3)nn12. The highest BCUT2D eigenvalue weighted by Crippen LogP contribution is 2.20. The van der Waals surface area contributed by atoms with Gasteiger partial charge >= 0.3 is 0 Å². The molecule has 0 radical (unpaired) electrons. The van der Waals surface area contributed by atoms with E-state index in [4.69, 9.17) is 5.73 Å². The summed E-state index contributed by atoms with van der Waals surface area (Å²) in [5, 5.41) is 16.7. The lowest BCUT2D eigenvalue weighted by Crippen LogP contribution is -2.43. The number of hydrogen-bond acceptors (Lipinski definition) is 5. The molecule has 0 unspecified atom stereocenters. The molecule has 3 aromatic rings. The molecule has 1 atom stereocenters. The second kappa shape index (κ2) is 7.09. The van der Waals surface area contributed by atoms with Gasteiger partial charge in [-0.3, -0.25) is 4.79 Å². The second-order valence-electron chi connectivity index (χ2n) is 6.71. The topological polar surface area (TPSA) is 99.5 Å². The number of nitriles is 1. The Hall–Kier alpha value is -3.37. The molecule has 1 aromatic carbocycles. The molecule has 0 spiro atoms. The third-order valence-corrected chi connectivity index (χ3v) is 4.80. The lowest BCUT2D eigenvalue weighted by molar-refractivity contribution is 0.102. The molecule has 7 heteroatoms. The van der Waals surface area contributed by atoms with Crippen molar-refractivity contribution in [2.45, 2.75) is 18.9 Å². The van der Waals surface area contributed by atoms with Crippen molar-refractivity contribution in [1.82, 2.24) is 9.61 Å². The van der Waals surface area contributed by atoms with Gasteiger partial charge in [-0.1, -0.05) is 12.1 Å². The Labute approximate surface area is 157 Å². The van der Waals surface area contributed by atoms with E-state index >= 15 is 0 Å². The number of hydrogen-bond donors (Lipinski definition) is 2. The van der Waals surface area contributed by atoms with E-state index in [2.05, 4.69) is 21.4 Å². The number of carbonyl (C=O) groups is 1. The molecule has 1 aliphatic heterocycles. The number of aromatic nitrogens is 2. The monoisotopic (exact) mass is 360 g/mol. The zero-order chi connectivity index (χ0) is 18.8. The van der Waals surface area contributed by atoms with E-state index in [1.54, 1.807) is 34.8 Å². The van der Waals surface area contributed by atoms with Crippen LogP contribution in [0, 0.1) is 11.3 Å². The van der Waals surface area contributed by atoms with Gasteiger partial charge in [-0.15, -0.1) is 5.10 Å². The standard InChI is InChI=1S/C20H20N6O/c21-12-14-4-1-2-6-17(14)23-20(27)18-9-7-16-8-10-19(24-26(16)18)25-11-3-5-15(22)13-25/h1-2,4,6-10,15H,3,5,11,13,22H2,(H,23,27)/t15-/m1/s1. The van der Waals surface area contributed by atoms with Crippen LogP contribution in [0.4, 0.5) is 11.5 Å². The van der Waals surface area contributed by atoms with Crippen molar-refractivity contribution in [3.05, 3.63) is 59.8 Å². The van der Waals surface area contributed by atoms with Crippen molar-refractivity contribution in [2.24, 2.45) is 5.73 Å². The fourth-order valence-corrected chi connectivity index (χ4v) is 3.41. The first-order valence-corrected chi connectivity index (χ1v) is 8.95. The number of anilines is 2. The van der Waals surface area contributed by atoms with E-state index in [0.717, 1.165) is 37.3 Å². The third kappa shape index (κ3) is 3.35. The number of nitrogens with one attached hydrogen (secondary N) is 1. The highest BCUT2D eigenvalue weighted by molar-refractivity contribution is 6.04. The molecule has 0 aliphatic carbocycles. The third-order valence-electron chi connectivity index (χ3n) is 4.80. The number of rotatable bonds is 3. The van der Waals surface area contributed by atoms with Crippen LogP contribution in [0.25, 0.3) is 5.52 Å². The zero-order valence-corrected chi connectivity index (χ0v) is 14.8. The number of para-hydroxylation sites is 1. The fraction of sp³-hybridized carbons (Fsp3) is 0.250. The largest absolute Gasteiger partial charge is 0.354 e. The molecule has 136 valence electrons. The summed E-state index contributed by atoms with van der Waals surface area (Å²) in [6.45, 7) is 1.67. The van der Waals surface area contributed by atoms with Crippen LogP contribution in [0.15, 0.2) is 48.5 Å². The van der Waals surface area contributed by atoms with Gasteiger partial charge in [0.1, 0.15) is 17.6 Å². The highest BCUT2D eigenvalue weighted by atomic mass is 16.2. The predicted molar refractivity (Wildman–Crippen MR) is 104 cm³/mol. The molecule has 1 aliphatic rings. The van der Waals surface area contributed by atoms with Gasteiger partial charge in [0, 0.05) is 19.1 Å². The van der Waals surface area contributed by atoms with E-state index in [1.807, 2.05) is 18.2 Å². The molecule has 3 heterocycles. The number of nitrogens with zero attached hydrogens (tertiary/aromatic N) is 4. The van der Waals surface area contributed by atoms with E-state index in [1.165, 1.54) is 0 Å². The Morgan fingerprint density at radius 2 is 2.04 bits per heavy atom. The zero-order valence-electron chi connectivity index (χ0n) is 14.8. The molecule has 0 bridgehead atoms. The maximum absolute atomic E-state index is 12.8. The molecule has 0 saturated carbocycles. The Morgan fingerprint density at radius 1 is 1.22 bits per heavy atom. The first-order chi connectivity index (χ1) is 13.2. The van der Waals surface area contributed by atoms with Gasteiger partial charge in [0.15, 0.2) is 0 Å². The number of carbonyl (C=O) groups excluding carboxylic acids is 1. The van der Waals surface area contributed by atoms with Crippen LogP contribution in [-0.2, 0) is 0 Å². The molecular formula is C20H20N6O. The number of fused-ring (bicyclic) bond motifs is 1. The van der Waals surface area contributed by atoms with Crippen LogP contribution >= 0.6 is 0 Å². The molecule has 1 fully saturated rings. The van der Waals surface area contributed by atoms with Crippen molar-refractivity contribution < 1.29 is 4.79 Å². The molecule has 27 heavy (non-hydrogen) atoms. The molecular weight excluding hydrogens is 340 g/mol. The van der Waals surface area contributed by atoms with E-state index in [-0.39, 0.29) is 11.9 Å².